The Labute approximate surface area is 177 Å². The molecule has 8 heteroatoms. The lowest BCUT2D eigenvalue weighted by molar-refractivity contribution is -0.120. The van der Waals surface area contributed by atoms with Crippen LogP contribution in [0.4, 0.5) is 5.69 Å². The van der Waals surface area contributed by atoms with Gasteiger partial charge in [0.05, 0.1) is 11.9 Å². The van der Waals surface area contributed by atoms with E-state index in [-0.39, 0.29) is 29.9 Å². The first-order valence-corrected chi connectivity index (χ1v) is 8.78. The van der Waals surface area contributed by atoms with Gasteiger partial charge < -0.3 is 15.1 Å². The van der Waals surface area contributed by atoms with Crippen LogP contribution in [0, 0.1) is 13.8 Å². The summed E-state index contributed by atoms with van der Waals surface area (Å²) in [6.07, 6.45) is 3.58. The average molecular weight is 482 g/mol. The van der Waals surface area contributed by atoms with Gasteiger partial charge in [0.25, 0.3) is 0 Å². The van der Waals surface area contributed by atoms with E-state index in [9.17, 15) is 4.79 Å². The Morgan fingerprint density at radius 2 is 2.07 bits per heavy atom. The van der Waals surface area contributed by atoms with E-state index in [1.165, 1.54) is 16.7 Å². The van der Waals surface area contributed by atoms with Gasteiger partial charge in [-0.25, -0.2) is 0 Å². The minimum atomic E-state index is 0. The van der Waals surface area contributed by atoms with Crippen molar-refractivity contribution >= 4 is 41.5 Å². The summed E-state index contributed by atoms with van der Waals surface area (Å²) in [6.45, 7) is 6.55. The van der Waals surface area contributed by atoms with Gasteiger partial charge in [-0.05, 0) is 25.0 Å². The summed E-state index contributed by atoms with van der Waals surface area (Å²) in [4.78, 5) is 20.7. The van der Waals surface area contributed by atoms with Crippen molar-refractivity contribution in [2.45, 2.75) is 20.4 Å². The molecule has 1 aliphatic heterocycles. The lowest BCUT2D eigenvalue weighted by Crippen LogP contribution is -2.55. The highest BCUT2D eigenvalue weighted by Crippen LogP contribution is 2.16. The maximum atomic E-state index is 12.6. The molecule has 7 nitrogen and oxygen atoms in total. The molecule has 1 saturated heterocycles. The molecule has 0 aliphatic carbocycles. The fraction of sp³-hybridized carbons (Fsp3) is 0.421. The summed E-state index contributed by atoms with van der Waals surface area (Å²) in [7, 11) is 3.60. The van der Waals surface area contributed by atoms with E-state index in [4.69, 9.17) is 0 Å². The number of aliphatic imine (C=N–C) groups is 1. The summed E-state index contributed by atoms with van der Waals surface area (Å²) >= 11 is 0. The highest BCUT2D eigenvalue weighted by atomic mass is 127. The third kappa shape index (κ3) is 5.00. The van der Waals surface area contributed by atoms with Gasteiger partial charge in [-0.15, -0.1) is 24.0 Å². The Bertz CT molecular complexity index is 831. The number of amides is 1. The molecule has 1 aromatic carbocycles. The van der Waals surface area contributed by atoms with Crippen molar-refractivity contribution in [3.63, 3.8) is 0 Å². The molecule has 0 saturated carbocycles. The van der Waals surface area contributed by atoms with E-state index in [1.807, 2.05) is 18.1 Å². The first kappa shape index (κ1) is 21.2. The average Bonchev–Trinajstić information content (AvgIpc) is 3.03. The van der Waals surface area contributed by atoms with Crippen molar-refractivity contribution in [3.8, 4) is 0 Å². The topological polar surface area (TPSA) is 65.8 Å². The molecule has 1 aliphatic rings. The van der Waals surface area contributed by atoms with Gasteiger partial charge in [0.2, 0.25) is 5.91 Å². The maximum Gasteiger partial charge on any atom is 0.246 e. The molecule has 146 valence electrons. The normalized spacial score (nSPS) is 15.0. The molecular formula is C19H27IN6O. The van der Waals surface area contributed by atoms with E-state index < -0.39 is 0 Å². The number of nitrogens with one attached hydrogen (secondary N) is 1. The predicted octanol–water partition coefficient (Wildman–Crippen LogP) is 2.08. The van der Waals surface area contributed by atoms with Gasteiger partial charge >= 0.3 is 0 Å². The second-order valence-corrected chi connectivity index (χ2v) is 6.67. The van der Waals surface area contributed by atoms with Gasteiger partial charge in [-0.2, -0.15) is 5.10 Å². The molecular weight excluding hydrogens is 455 g/mol. The number of benzene rings is 1. The van der Waals surface area contributed by atoms with Crippen molar-refractivity contribution in [2.75, 3.05) is 31.6 Å². The van der Waals surface area contributed by atoms with E-state index in [0.29, 0.717) is 19.6 Å². The highest BCUT2D eigenvalue weighted by molar-refractivity contribution is 14.0. The standard InChI is InChI=1S/C19H26N6O.HI/c1-14-5-6-16(15(2)9-14)10-21-19(20-3)24-7-8-25(18(26)13-24)17-11-22-23(4)12-17;/h5-6,9,11-12H,7-8,10,13H2,1-4H3,(H,20,21);1H. The number of piperazine rings is 1. The number of rotatable bonds is 3. The van der Waals surface area contributed by atoms with Crippen molar-refractivity contribution in [3.05, 3.63) is 47.3 Å². The zero-order valence-electron chi connectivity index (χ0n) is 16.3. The molecule has 2 heterocycles. The Kier molecular flexibility index (Phi) is 7.23. The summed E-state index contributed by atoms with van der Waals surface area (Å²) in [5.74, 6) is 0.808. The summed E-state index contributed by atoms with van der Waals surface area (Å²) < 4.78 is 1.71. The molecule has 0 radical (unpaired) electrons. The molecule has 0 unspecified atom stereocenters. The number of halogens is 1. The van der Waals surface area contributed by atoms with E-state index in [0.717, 1.165) is 18.2 Å². The van der Waals surface area contributed by atoms with Crippen molar-refractivity contribution in [1.82, 2.24) is 20.0 Å². The number of nitrogens with zero attached hydrogens (tertiary/aromatic N) is 5. The van der Waals surface area contributed by atoms with E-state index in [1.54, 1.807) is 22.8 Å². The second kappa shape index (κ2) is 9.20. The molecule has 1 amide bonds. The van der Waals surface area contributed by atoms with Crippen LogP contribution in [0.25, 0.3) is 0 Å². The third-order valence-corrected chi connectivity index (χ3v) is 4.67. The Hall–Kier alpha value is -2.10. The number of anilines is 1. The van der Waals surface area contributed by atoms with Gasteiger partial charge in [-0.3, -0.25) is 14.5 Å². The number of aryl methyl sites for hydroxylation is 3. The molecule has 2 aromatic rings. The first-order valence-electron chi connectivity index (χ1n) is 8.78. The lowest BCUT2D eigenvalue weighted by Gasteiger charge is -2.35. The third-order valence-electron chi connectivity index (χ3n) is 4.67. The summed E-state index contributed by atoms with van der Waals surface area (Å²) in [5.41, 5.74) is 4.59. The first-order chi connectivity index (χ1) is 12.5. The van der Waals surface area contributed by atoms with Crippen LogP contribution in [-0.4, -0.2) is 53.2 Å². The quantitative estimate of drug-likeness (QED) is 0.414. The van der Waals surface area contributed by atoms with Crippen molar-refractivity contribution in [2.24, 2.45) is 12.0 Å². The monoisotopic (exact) mass is 482 g/mol. The maximum absolute atomic E-state index is 12.6. The largest absolute Gasteiger partial charge is 0.352 e. The fourth-order valence-corrected chi connectivity index (χ4v) is 3.23. The summed E-state index contributed by atoms with van der Waals surface area (Å²) in [6, 6.07) is 6.43. The van der Waals surface area contributed by atoms with E-state index in [2.05, 4.69) is 47.5 Å². The van der Waals surface area contributed by atoms with Crippen LogP contribution in [0.15, 0.2) is 35.6 Å². The fourth-order valence-electron chi connectivity index (χ4n) is 3.23. The van der Waals surface area contributed by atoms with Crippen LogP contribution < -0.4 is 10.2 Å². The minimum absolute atomic E-state index is 0. The number of hydrogen-bond acceptors (Lipinski definition) is 3. The molecule has 0 bridgehead atoms. The number of guanidine groups is 1. The van der Waals surface area contributed by atoms with Crippen LogP contribution in [0.3, 0.4) is 0 Å². The smallest absolute Gasteiger partial charge is 0.246 e. The van der Waals surface area contributed by atoms with Crippen LogP contribution in [0.2, 0.25) is 0 Å². The van der Waals surface area contributed by atoms with Gasteiger partial charge in [-0.1, -0.05) is 23.8 Å². The van der Waals surface area contributed by atoms with Crippen molar-refractivity contribution in [1.29, 1.82) is 0 Å². The number of carbonyl (C=O) groups excluding carboxylic acids is 1. The molecule has 3 rings (SSSR count). The molecule has 0 atom stereocenters. The highest BCUT2D eigenvalue weighted by Gasteiger charge is 2.27. The number of aromatic nitrogens is 2. The molecule has 1 N–H and O–H groups in total. The lowest BCUT2D eigenvalue weighted by atomic mass is 10.1. The second-order valence-electron chi connectivity index (χ2n) is 6.67. The number of hydrogen-bond donors (Lipinski definition) is 1. The SMILES string of the molecule is CN=C(NCc1ccc(C)cc1C)N1CCN(c2cnn(C)c2)C(=O)C1.I. The predicted molar refractivity (Wildman–Crippen MR) is 119 cm³/mol. The Balaban J connectivity index is 0.00000261. The van der Waals surface area contributed by atoms with Crippen molar-refractivity contribution < 1.29 is 4.79 Å². The molecule has 1 aromatic heterocycles. The van der Waals surface area contributed by atoms with Crippen LogP contribution in [0.5, 0.6) is 0 Å². The molecule has 1 fully saturated rings. The van der Waals surface area contributed by atoms with E-state index >= 15 is 0 Å². The Morgan fingerprint density at radius 3 is 2.67 bits per heavy atom. The van der Waals surface area contributed by atoms with Gasteiger partial charge in [0.15, 0.2) is 5.96 Å². The Morgan fingerprint density at radius 1 is 1.30 bits per heavy atom. The van der Waals surface area contributed by atoms with Crippen LogP contribution in [-0.2, 0) is 18.4 Å². The van der Waals surface area contributed by atoms with Gasteiger partial charge in [0.1, 0.15) is 6.54 Å². The zero-order valence-corrected chi connectivity index (χ0v) is 18.6. The summed E-state index contributed by atoms with van der Waals surface area (Å²) in [5, 5.41) is 7.53. The molecule has 0 spiro atoms. The molecule has 27 heavy (non-hydrogen) atoms. The van der Waals surface area contributed by atoms with Crippen LogP contribution >= 0.6 is 24.0 Å². The van der Waals surface area contributed by atoms with Gasteiger partial charge in [0, 0.05) is 39.9 Å². The minimum Gasteiger partial charge on any atom is -0.352 e. The van der Waals surface area contributed by atoms with Crippen LogP contribution in [0.1, 0.15) is 16.7 Å². The zero-order chi connectivity index (χ0) is 18.7. The number of carbonyl (C=O) groups is 1.